The maximum Gasteiger partial charge on any atom is 0.237 e. The Hall–Kier alpha value is -1.46. The number of halogens is 1. The average Bonchev–Trinajstić information content (AvgIpc) is 2.54. The van der Waals surface area contributed by atoms with Gasteiger partial charge in [0.05, 0.1) is 13.2 Å². The minimum atomic E-state index is -0.438. The maximum absolute atomic E-state index is 12.1. The zero-order valence-electron chi connectivity index (χ0n) is 14.1. The number of nitrogens with one attached hydrogen (secondary N) is 1. The Morgan fingerprint density at radius 1 is 1.43 bits per heavy atom. The van der Waals surface area contributed by atoms with E-state index in [9.17, 15) is 4.79 Å². The van der Waals surface area contributed by atoms with Crippen molar-refractivity contribution >= 4 is 24.0 Å². The van der Waals surface area contributed by atoms with Gasteiger partial charge in [-0.1, -0.05) is 19.9 Å². The van der Waals surface area contributed by atoms with Crippen molar-refractivity contribution in [2.75, 3.05) is 25.1 Å². The van der Waals surface area contributed by atoms with Crippen molar-refractivity contribution in [3.8, 4) is 5.75 Å². The molecule has 1 unspecified atom stereocenters. The Kier molecular flexibility index (Phi) is 7.65. The predicted molar refractivity (Wildman–Crippen MR) is 96.4 cm³/mol. The van der Waals surface area contributed by atoms with Crippen molar-refractivity contribution in [1.29, 1.82) is 0 Å². The van der Waals surface area contributed by atoms with Crippen LogP contribution in [0.2, 0.25) is 0 Å². The topological polar surface area (TPSA) is 67.6 Å². The lowest BCUT2D eigenvalue weighted by Gasteiger charge is -2.35. The second-order valence-corrected chi connectivity index (χ2v) is 6.27. The predicted octanol–water partition coefficient (Wildman–Crippen LogP) is 2.19. The lowest BCUT2D eigenvalue weighted by atomic mass is 10.0. The third kappa shape index (κ3) is 5.29. The highest BCUT2D eigenvalue weighted by Crippen LogP contribution is 2.24. The molecule has 2 rings (SSSR count). The number of carbonyl (C=O) groups is 1. The Morgan fingerprint density at radius 3 is 2.83 bits per heavy atom. The molecular weight excluding hydrogens is 314 g/mol. The molecule has 0 spiro atoms. The third-order valence-corrected chi connectivity index (χ3v) is 4.21. The van der Waals surface area contributed by atoms with E-state index < -0.39 is 6.04 Å². The Balaban J connectivity index is 0.00000264. The SMILES string of the molecule is COc1cccc(N2CCCC(NC(=O)[C@@H](N)C(C)C)C2)c1.Cl. The summed E-state index contributed by atoms with van der Waals surface area (Å²) in [4.78, 5) is 14.4. The van der Waals surface area contributed by atoms with E-state index in [1.807, 2.05) is 32.0 Å². The maximum atomic E-state index is 12.1. The second-order valence-electron chi connectivity index (χ2n) is 6.27. The number of methoxy groups -OCH3 is 1. The van der Waals surface area contributed by atoms with Gasteiger partial charge in [0.2, 0.25) is 5.91 Å². The summed E-state index contributed by atoms with van der Waals surface area (Å²) in [6.07, 6.45) is 2.05. The fourth-order valence-corrected chi connectivity index (χ4v) is 2.74. The van der Waals surface area contributed by atoms with Gasteiger partial charge in [-0.2, -0.15) is 0 Å². The minimum absolute atomic E-state index is 0. The first-order chi connectivity index (χ1) is 10.5. The van der Waals surface area contributed by atoms with Gasteiger partial charge in [-0.3, -0.25) is 4.79 Å². The van der Waals surface area contributed by atoms with Gasteiger partial charge in [0.15, 0.2) is 0 Å². The second kappa shape index (κ2) is 8.99. The average molecular weight is 342 g/mol. The molecule has 1 amide bonds. The molecule has 0 saturated carbocycles. The van der Waals surface area contributed by atoms with Crippen molar-refractivity contribution < 1.29 is 9.53 Å². The molecule has 1 aromatic rings. The standard InChI is InChI=1S/C17H27N3O2.ClH/c1-12(2)16(18)17(21)19-13-6-5-9-20(11-13)14-7-4-8-15(10-14)22-3;/h4,7-8,10,12-13,16H,5-6,9,11,18H2,1-3H3,(H,19,21);1H/t13?,16-;/m0./s1. The first-order valence-corrected chi connectivity index (χ1v) is 7.96. The highest BCUT2D eigenvalue weighted by Gasteiger charge is 2.25. The summed E-state index contributed by atoms with van der Waals surface area (Å²) in [7, 11) is 1.67. The lowest BCUT2D eigenvalue weighted by Crippen LogP contribution is -2.53. The molecule has 1 saturated heterocycles. The van der Waals surface area contributed by atoms with E-state index in [-0.39, 0.29) is 30.3 Å². The van der Waals surface area contributed by atoms with E-state index in [4.69, 9.17) is 10.5 Å². The van der Waals surface area contributed by atoms with E-state index in [1.54, 1.807) is 7.11 Å². The normalized spacial score (nSPS) is 19.0. The summed E-state index contributed by atoms with van der Waals surface area (Å²) >= 11 is 0. The van der Waals surface area contributed by atoms with E-state index in [2.05, 4.69) is 16.3 Å². The Bertz CT molecular complexity index is 510. The molecule has 0 radical (unpaired) electrons. The summed E-state index contributed by atoms with van der Waals surface area (Å²) in [5.74, 6) is 0.955. The lowest BCUT2D eigenvalue weighted by molar-refractivity contribution is -0.124. The van der Waals surface area contributed by atoms with Crippen LogP contribution in [0.5, 0.6) is 5.75 Å². The minimum Gasteiger partial charge on any atom is -0.497 e. The van der Waals surface area contributed by atoms with Gasteiger partial charge in [-0.05, 0) is 30.9 Å². The number of hydrogen-bond donors (Lipinski definition) is 2. The van der Waals surface area contributed by atoms with Crippen LogP contribution in [0.3, 0.4) is 0 Å². The van der Waals surface area contributed by atoms with Gasteiger partial charge in [-0.15, -0.1) is 12.4 Å². The molecule has 3 N–H and O–H groups in total. The molecule has 6 heteroatoms. The van der Waals surface area contributed by atoms with Crippen LogP contribution >= 0.6 is 12.4 Å². The molecule has 1 aromatic carbocycles. The summed E-state index contributed by atoms with van der Waals surface area (Å²) in [5, 5.41) is 3.09. The van der Waals surface area contributed by atoms with Gasteiger partial charge < -0.3 is 20.7 Å². The van der Waals surface area contributed by atoms with Crippen LogP contribution in [0.4, 0.5) is 5.69 Å². The number of nitrogens with two attached hydrogens (primary N) is 1. The van der Waals surface area contributed by atoms with Crippen molar-refractivity contribution in [2.24, 2.45) is 11.7 Å². The zero-order valence-corrected chi connectivity index (χ0v) is 14.9. The molecule has 0 bridgehead atoms. The quantitative estimate of drug-likeness (QED) is 0.861. The molecule has 130 valence electrons. The van der Waals surface area contributed by atoms with E-state index in [1.165, 1.54) is 0 Å². The molecule has 5 nitrogen and oxygen atoms in total. The molecule has 2 atom stereocenters. The van der Waals surface area contributed by atoms with Gasteiger partial charge in [0, 0.05) is 30.9 Å². The fraction of sp³-hybridized carbons (Fsp3) is 0.588. The number of carbonyl (C=O) groups excluding carboxylic acids is 1. The number of nitrogens with zero attached hydrogens (tertiary/aromatic N) is 1. The van der Waals surface area contributed by atoms with Gasteiger partial charge in [0.1, 0.15) is 5.75 Å². The number of ether oxygens (including phenoxy) is 1. The fourth-order valence-electron chi connectivity index (χ4n) is 2.74. The van der Waals surface area contributed by atoms with E-state index in [0.29, 0.717) is 0 Å². The number of rotatable bonds is 5. The van der Waals surface area contributed by atoms with Crippen LogP contribution in [0.25, 0.3) is 0 Å². The van der Waals surface area contributed by atoms with Gasteiger partial charge in [-0.25, -0.2) is 0 Å². The van der Waals surface area contributed by atoms with Crippen LogP contribution in [0, 0.1) is 5.92 Å². The van der Waals surface area contributed by atoms with Crippen LogP contribution in [-0.4, -0.2) is 38.2 Å². The summed E-state index contributed by atoms with van der Waals surface area (Å²) in [6, 6.07) is 7.75. The van der Waals surface area contributed by atoms with E-state index in [0.717, 1.165) is 37.4 Å². The molecule has 1 heterocycles. The van der Waals surface area contributed by atoms with Crippen LogP contribution < -0.4 is 20.7 Å². The summed E-state index contributed by atoms with van der Waals surface area (Å²) in [6.45, 7) is 5.74. The van der Waals surface area contributed by atoms with Crippen LogP contribution in [-0.2, 0) is 4.79 Å². The Labute approximate surface area is 145 Å². The highest BCUT2D eigenvalue weighted by molar-refractivity contribution is 5.85. The van der Waals surface area contributed by atoms with E-state index >= 15 is 0 Å². The number of amides is 1. The molecule has 1 fully saturated rings. The van der Waals surface area contributed by atoms with Crippen molar-refractivity contribution in [2.45, 2.75) is 38.8 Å². The molecule has 1 aliphatic heterocycles. The Morgan fingerprint density at radius 2 is 2.17 bits per heavy atom. The molecule has 0 aliphatic carbocycles. The number of benzene rings is 1. The molecule has 0 aromatic heterocycles. The molecule has 23 heavy (non-hydrogen) atoms. The first kappa shape index (κ1) is 19.6. The van der Waals surface area contributed by atoms with Crippen molar-refractivity contribution in [3.63, 3.8) is 0 Å². The monoisotopic (exact) mass is 341 g/mol. The molecule has 1 aliphatic rings. The van der Waals surface area contributed by atoms with Crippen LogP contribution in [0.1, 0.15) is 26.7 Å². The summed E-state index contributed by atoms with van der Waals surface area (Å²) < 4.78 is 5.28. The highest BCUT2D eigenvalue weighted by atomic mass is 35.5. The van der Waals surface area contributed by atoms with Gasteiger partial charge >= 0.3 is 0 Å². The number of anilines is 1. The van der Waals surface area contributed by atoms with Crippen molar-refractivity contribution in [1.82, 2.24) is 5.32 Å². The third-order valence-electron chi connectivity index (χ3n) is 4.21. The largest absolute Gasteiger partial charge is 0.497 e. The van der Waals surface area contributed by atoms with Gasteiger partial charge in [0.25, 0.3) is 0 Å². The number of piperidine rings is 1. The summed E-state index contributed by atoms with van der Waals surface area (Å²) in [5.41, 5.74) is 7.05. The number of hydrogen-bond acceptors (Lipinski definition) is 4. The van der Waals surface area contributed by atoms with Crippen molar-refractivity contribution in [3.05, 3.63) is 24.3 Å². The zero-order chi connectivity index (χ0) is 16.1. The first-order valence-electron chi connectivity index (χ1n) is 7.96. The molecular formula is C17H28ClN3O2. The van der Waals surface area contributed by atoms with Crippen LogP contribution in [0.15, 0.2) is 24.3 Å². The smallest absolute Gasteiger partial charge is 0.237 e.